The summed E-state index contributed by atoms with van der Waals surface area (Å²) >= 11 is 17.4. The summed E-state index contributed by atoms with van der Waals surface area (Å²) in [5, 5.41) is 0.307. The van der Waals surface area contributed by atoms with Crippen LogP contribution in [0.2, 0.25) is 15.1 Å². The first-order chi connectivity index (χ1) is 9.70. The van der Waals surface area contributed by atoms with Gasteiger partial charge in [-0.1, -0.05) is 46.9 Å². The Labute approximate surface area is 133 Å². The Hall–Kier alpha value is -1.23. The van der Waals surface area contributed by atoms with Gasteiger partial charge in [0.2, 0.25) is 0 Å². The van der Waals surface area contributed by atoms with Crippen LogP contribution < -0.4 is 0 Å². The van der Waals surface area contributed by atoms with Crippen molar-refractivity contribution in [3.05, 3.63) is 68.2 Å². The van der Waals surface area contributed by atoms with Crippen molar-refractivity contribution in [2.24, 2.45) is 0 Å². The van der Waals surface area contributed by atoms with E-state index in [9.17, 15) is 18.0 Å². The predicted molar refractivity (Wildman–Crippen MR) is 76.3 cm³/mol. The highest BCUT2D eigenvalue weighted by atomic mass is 35.5. The summed E-state index contributed by atoms with van der Waals surface area (Å²) in [4.78, 5) is 12.2. The second-order valence-electron chi connectivity index (χ2n) is 4.16. The second-order valence-corrected chi connectivity index (χ2v) is 5.35. The number of rotatable bonds is 2. The number of carbonyl (C=O) groups is 1. The van der Waals surface area contributed by atoms with Crippen molar-refractivity contribution in [2.45, 2.75) is 6.18 Å². The van der Waals surface area contributed by atoms with Gasteiger partial charge in [-0.15, -0.1) is 0 Å². The minimum absolute atomic E-state index is 0.0949. The maximum absolute atomic E-state index is 12.5. The Kier molecular flexibility index (Phi) is 4.51. The fourth-order valence-corrected chi connectivity index (χ4v) is 2.26. The molecule has 0 amide bonds. The van der Waals surface area contributed by atoms with E-state index >= 15 is 0 Å². The molecule has 0 atom stereocenters. The number of alkyl halides is 3. The molecule has 110 valence electrons. The van der Waals surface area contributed by atoms with Crippen LogP contribution in [0.4, 0.5) is 13.2 Å². The molecule has 0 saturated carbocycles. The van der Waals surface area contributed by atoms with Crippen LogP contribution in [-0.4, -0.2) is 5.78 Å². The maximum Gasteiger partial charge on any atom is 0.416 e. The van der Waals surface area contributed by atoms with E-state index in [1.54, 1.807) is 0 Å². The molecule has 0 bridgehead atoms. The third-order valence-electron chi connectivity index (χ3n) is 2.72. The van der Waals surface area contributed by atoms with E-state index in [0.717, 1.165) is 24.3 Å². The van der Waals surface area contributed by atoms with Crippen molar-refractivity contribution < 1.29 is 18.0 Å². The van der Waals surface area contributed by atoms with Gasteiger partial charge in [-0.2, -0.15) is 13.2 Å². The fourth-order valence-electron chi connectivity index (χ4n) is 1.66. The Morgan fingerprint density at radius 3 is 1.76 bits per heavy atom. The lowest BCUT2D eigenvalue weighted by atomic mass is 10.0. The quantitative estimate of drug-likeness (QED) is 0.485. The normalized spacial score (nSPS) is 11.5. The molecule has 1 nitrogen and oxygen atoms in total. The Bertz CT molecular complexity index is 671. The van der Waals surface area contributed by atoms with Gasteiger partial charge >= 0.3 is 6.18 Å². The molecule has 0 spiro atoms. The average Bonchev–Trinajstić information content (AvgIpc) is 2.42. The standard InChI is InChI=1S/C14H6Cl3F3O/c15-10-5-8(6-11(16)12(10)17)13(21)7-1-3-9(4-2-7)14(18,19)20/h1-6H. The van der Waals surface area contributed by atoms with E-state index in [1.165, 1.54) is 12.1 Å². The van der Waals surface area contributed by atoms with Gasteiger partial charge in [0.25, 0.3) is 0 Å². The summed E-state index contributed by atoms with van der Waals surface area (Å²) < 4.78 is 37.4. The largest absolute Gasteiger partial charge is 0.416 e. The van der Waals surface area contributed by atoms with E-state index in [0.29, 0.717) is 0 Å². The molecular formula is C14H6Cl3F3O. The van der Waals surface area contributed by atoms with Crippen LogP contribution in [0.15, 0.2) is 36.4 Å². The topological polar surface area (TPSA) is 17.1 Å². The van der Waals surface area contributed by atoms with Crippen LogP contribution in [0.3, 0.4) is 0 Å². The van der Waals surface area contributed by atoms with E-state index in [4.69, 9.17) is 34.8 Å². The van der Waals surface area contributed by atoms with Crippen molar-refractivity contribution in [1.82, 2.24) is 0 Å². The number of ketones is 1. The second kappa shape index (κ2) is 5.87. The number of benzene rings is 2. The highest BCUT2D eigenvalue weighted by Crippen LogP contribution is 2.32. The summed E-state index contributed by atoms with van der Waals surface area (Å²) in [7, 11) is 0. The Balaban J connectivity index is 2.37. The molecular weight excluding hydrogens is 348 g/mol. The molecule has 0 aliphatic rings. The fraction of sp³-hybridized carbons (Fsp3) is 0.0714. The summed E-state index contributed by atoms with van der Waals surface area (Å²) in [6.45, 7) is 0. The zero-order chi connectivity index (χ0) is 15.8. The van der Waals surface area contributed by atoms with Crippen molar-refractivity contribution in [2.75, 3.05) is 0 Å². The molecule has 21 heavy (non-hydrogen) atoms. The third kappa shape index (κ3) is 3.51. The van der Waals surface area contributed by atoms with Gasteiger partial charge in [0.05, 0.1) is 20.6 Å². The number of hydrogen-bond acceptors (Lipinski definition) is 1. The van der Waals surface area contributed by atoms with Crippen molar-refractivity contribution >= 4 is 40.6 Å². The highest BCUT2D eigenvalue weighted by Gasteiger charge is 2.30. The first-order valence-electron chi connectivity index (χ1n) is 5.56. The molecule has 0 saturated heterocycles. The van der Waals surface area contributed by atoms with Gasteiger partial charge in [0, 0.05) is 11.1 Å². The van der Waals surface area contributed by atoms with Crippen LogP contribution in [0.5, 0.6) is 0 Å². The minimum atomic E-state index is -4.45. The first kappa shape index (κ1) is 16.1. The molecule has 0 radical (unpaired) electrons. The number of carbonyl (C=O) groups excluding carboxylic acids is 1. The van der Waals surface area contributed by atoms with Gasteiger partial charge in [-0.3, -0.25) is 4.79 Å². The van der Waals surface area contributed by atoms with Crippen molar-refractivity contribution in [3.8, 4) is 0 Å². The number of hydrogen-bond donors (Lipinski definition) is 0. The predicted octanol–water partition coefficient (Wildman–Crippen LogP) is 5.90. The average molecular weight is 354 g/mol. The van der Waals surface area contributed by atoms with Gasteiger partial charge < -0.3 is 0 Å². The van der Waals surface area contributed by atoms with Gasteiger partial charge in [0.15, 0.2) is 5.78 Å². The zero-order valence-corrected chi connectivity index (χ0v) is 12.4. The van der Waals surface area contributed by atoms with Crippen molar-refractivity contribution in [3.63, 3.8) is 0 Å². The summed E-state index contributed by atoms with van der Waals surface area (Å²) in [6, 6.07) is 6.51. The van der Waals surface area contributed by atoms with E-state index in [-0.39, 0.29) is 26.2 Å². The monoisotopic (exact) mass is 352 g/mol. The molecule has 0 fully saturated rings. The number of halogens is 6. The van der Waals surface area contributed by atoms with Crippen LogP contribution in [-0.2, 0) is 6.18 Å². The lowest BCUT2D eigenvalue weighted by Gasteiger charge is -2.08. The molecule has 2 aromatic rings. The summed E-state index contributed by atoms with van der Waals surface area (Å²) in [6.07, 6.45) is -4.45. The van der Waals surface area contributed by atoms with E-state index in [1.807, 2.05) is 0 Å². The molecule has 2 aromatic carbocycles. The summed E-state index contributed by atoms with van der Waals surface area (Å²) in [5.41, 5.74) is -0.585. The maximum atomic E-state index is 12.5. The molecule has 7 heteroatoms. The van der Waals surface area contributed by atoms with Crippen molar-refractivity contribution in [1.29, 1.82) is 0 Å². The van der Waals surface area contributed by atoms with Gasteiger partial charge in [0.1, 0.15) is 0 Å². The summed E-state index contributed by atoms with van der Waals surface area (Å²) in [5.74, 6) is -0.496. The molecule has 0 heterocycles. The lowest BCUT2D eigenvalue weighted by molar-refractivity contribution is -0.137. The van der Waals surface area contributed by atoms with Crippen LogP contribution in [0, 0.1) is 0 Å². The Morgan fingerprint density at radius 2 is 1.33 bits per heavy atom. The first-order valence-corrected chi connectivity index (χ1v) is 6.70. The van der Waals surface area contributed by atoms with E-state index < -0.39 is 17.5 Å². The lowest BCUT2D eigenvalue weighted by Crippen LogP contribution is -2.06. The SMILES string of the molecule is O=C(c1ccc(C(F)(F)F)cc1)c1cc(Cl)c(Cl)c(Cl)c1. The molecule has 0 unspecified atom stereocenters. The Morgan fingerprint density at radius 1 is 0.857 bits per heavy atom. The molecule has 2 rings (SSSR count). The molecule has 0 aliphatic heterocycles. The minimum Gasteiger partial charge on any atom is -0.289 e. The van der Waals surface area contributed by atoms with Crippen LogP contribution in [0.25, 0.3) is 0 Å². The van der Waals surface area contributed by atoms with Gasteiger partial charge in [-0.25, -0.2) is 0 Å². The third-order valence-corrected chi connectivity index (χ3v) is 3.92. The zero-order valence-electron chi connectivity index (χ0n) is 10.1. The van der Waals surface area contributed by atoms with E-state index in [2.05, 4.69) is 0 Å². The van der Waals surface area contributed by atoms with Crippen LogP contribution in [0.1, 0.15) is 21.5 Å². The van der Waals surface area contributed by atoms with Crippen LogP contribution >= 0.6 is 34.8 Å². The molecule has 0 N–H and O–H groups in total. The molecule has 0 aromatic heterocycles. The van der Waals surface area contributed by atoms with Gasteiger partial charge in [-0.05, 0) is 24.3 Å². The smallest absolute Gasteiger partial charge is 0.289 e. The molecule has 0 aliphatic carbocycles. The highest BCUT2D eigenvalue weighted by molar-refractivity contribution is 6.48.